The summed E-state index contributed by atoms with van der Waals surface area (Å²) >= 11 is 0. The highest BCUT2D eigenvalue weighted by atomic mass is 19.1. The van der Waals surface area contributed by atoms with Crippen molar-refractivity contribution in [2.24, 2.45) is 11.7 Å². The topological polar surface area (TPSA) is 49.6 Å². The maximum Gasteiger partial charge on any atom is 0.227 e. The lowest BCUT2D eigenvalue weighted by molar-refractivity contribution is -0.117. The number of nitrogens with two attached hydrogens (primary N) is 1. The van der Waals surface area contributed by atoms with Crippen molar-refractivity contribution in [3.05, 3.63) is 24.0 Å². The third-order valence-corrected chi connectivity index (χ3v) is 4.23. The second-order valence-electron chi connectivity index (χ2n) is 5.64. The van der Waals surface area contributed by atoms with Crippen molar-refractivity contribution in [1.29, 1.82) is 0 Å². The molecule has 108 valence electrons. The van der Waals surface area contributed by atoms with E-state index < -0.39 is 0 Å². The van der Waals surface area contributed by atoms with Crippen molar-refractivity contribution in [1.82, 2.24) is 0 Å². The predicted octanol–water partition coefficient (Wildman–Crippen LogP) is 1.74. The third kappa shape index (κ3) is 2.38. The van der Waals surface area contributed by atoms with Crippen LogP contribution in [0.3, 0.4) is 0 Å². The Kier molecular flexibility index (Phi) is 3.61. The highest BCUT2D eigenvalue weighted by molar-refractivity contribution is 5.95. The maximum atomic E-state index is 14.3. The van der Waals surface area contributed by atoms with E-state index >= 15 is 0 Å². The fourth-order valence-electron chi connectivity index (χ4n) is 3.07. The first-order valence-electron chi connectivity index (χ1n) is 7.24. The molecule has 4 nitrogen and oxygen atoms in total. The molecule has 0 spiro atoms. The van der Waals surface area contributed by atoms with Crippen molar-refractivity contribution in [2.75, 3.05) is 36.0 Å². The van der Waals surface area contributed by atoms with Crippen LogP contribution in [0.4, 0.5) is 15.8 Å². The lowest BCUT2D eigenvalue weighted by atomic mass is 10.1. The molecule has 2 saturated heterocycles. The number of amides is 1. The molecule has 2 heterocycles. The van der Waals surface area contributed by atoms with E-state index in [-0.39, 0.29) is 17.6 Å². The van der Waals surface area contributed by atoms with Gasteiger partial charge in [0.15, 0.2) is 0 Å². The molecule has 1 atom stereocenters. The highest BCUT2D eigenvalue weighted by Gasteiger charge is 2.30. The fourth-order valence-corrected chi connectivity index (χ4v) is 3.07. The van der Waals surface area contributed by atoms with Crippen molar-refractivity contribution >= 4 is 17.3 Å². The van der Waals surface area contributed by atoms with Gasteiger partial charge in [0.2, 0.25) is 5.91 Å². The van der Waals surface area contributed by atoms with Crippen LogP contribution in [-0.4, -0.2) is 32.1 Å². The second-order valence-corrected chi connectivity index (χ2v) is 5.64. The maximum absolute atomic E-state index is 14.3. The Labute approximate surface area is 118 Å². The Morgan fingerprint density at radius 3 is 2.65 bits per heavy atom. The SMILES string of the molecule is NCC1CC(=O)N(c2ccc(N3CCCC3)c(F)c2)C1. The number of nitrogens with zero attached hydrogens (tertiary/aromatic N) is 2. The van der Waals surface area contributed by atoms with Crippen LogP contribution in [0.2, 0.25) is 0 Å². The van der Waals surface area contributed by atoms with Gasteiger partial charge in [0.05, 0.1) is 5.69 Å². The fraction of sp³-hybridized carbons (Fsp3) is 0.533. The molecule has 2 aliphatic heterocycles. The van der Waals surface area contributed by atoms with E-state index in [4.69, 9.17) is 5.73 Å². The zero-order valence-electron chi connectivity index (χ0n) is 11.5. The van der Waals surface area contributed by atoms with Crippen LogP contribution < -0.4 is 15.5 Å². The van der Waals surface area contributed by atoms with Gasteiger partial charge in [-0.3, -0.25) is 4.79 Å². The molecule has 1 aromatic carbocycles. The summed E-state index contributed by atoms with van der Waals surface area (Å²) in [6.45, 7) is 2.91. The van der Waals surface area contributed by atoms with Crippen LogP contribution in [0.1, 0.15) is 19.3 Å². The van der Waals surface area contributed by atoms with Gasteiger partial charge < -0.3 is 15.5 Å². The average molecular weight is 277 g/mol. The summed E-state index contributed by atoms with van der Waals surface area (Å²) < 4.78 is 14.3. The summed E-state index contributed by atoms with van der Waals surface area (Å²) in [4.78, 5) is 15.6. The lowest BCUT2D eigenvalue weighted by Gasteiger charge is -2.21. The smallest absolute Gasteiger partial charge is 0.227 e. The van der Waals surface area contributed by atoms with Crippen molar-refractivity contribution in [3.8, 4) is 0 Å². The zero-order chi connectivity index (χ0) is 14.1. The van der Waals surface area contributed by atoms with Gasteiger partial charge in [-0.05, 0) is 43.5 Å². The quantitative estimate of drug-likeness (QED) is 0.915. The van der Waals surface area contributed by atoms with Crippen molar-refractivity contribution < 1.29 is 9.18 Å². The molecule has 2 fully saturated rings. The molecule has 0 bridgehead atoms. The first kappa shape index (κ1) is 13.4. The van der Waals surface area contributed by atoms with E-state index in [2.05, 4.69) is 4.90 Å². The molecule has 1 unspecified atom stereocenters. The summed E-state index contributed by atoms with van der Waals surface area (Å²) in [5, 5.41) is 0. The molecule has 20 heavy (non-hydrogen) atoms. The number of anilines is 2. The van der Waals surface area contributed by atoms with E-state index in [1.165, 1.54) is 6.07 Å². The van der Waals surface area contributed by atoms with Gasteiger partial charge in [-0.1, -0.05) is 0 Å². The number of benzene rings is 1. The minimum absolute atomic E-state index is 0.0359. The number of halogens is 1. The van der Waals surface area contributed by atoms with Gasteiger partial charge in [-0.25, -0.2) is 4.39 Å². The van der Waals surface area contributed by atoms with Crippen molar-refractivity contribution in [3.63, 3.8) is 0 Å². The van der Waals surface area contributed by atoms with Gasteiger partial charge in [0.25, 0.3) is 0 Å². The van der Waals surface area contributed by atoms with Crippen LogP contribution in [0.15, 0.2) is 18.2 Å². The van der Waals surface area contributed by atoms with E-state index in [0.29, 0.717) is 30.9 Å². The van der Waals surface area contributed by atoms with E-state index in [0.717, 1.165) is 25.9 Å². The molecule has 0 aromatic heterocycles. The standard InChI is InChI=1S/C15H20FN3O/c16-13-8-12(19-10-11(9-17)7-15(19)20)3-4-14(13)18-5-1-2-6-18/h3-4,8,11H,1-2,5-7,9-10,17H2. The average Bonchev–Trinajstić information content (AvgIpc) is 3.07. The van der Waals surface area contributed by atoms with E-state index in [1.54, 1.807) is 11.0 Å². The molecule has 2 aliphatic rings. The molecule has 1 aromatic rings. The van der Waals surface area contributed by atoms with Gasteiger partial charge in [-0.2, -0.15) is 0 Å². The predicted molar refractivity (Wildman–Crippen MR) is 77.4 cm³/mol. The lowest BCUT2D eigenvalue weighted by Crippen LogP contribution is -2.26. The first-order valence-corrected chi connectivity index (χ1v) is 7.24. The third-order valence-electron chi connectivity index (χ3n) is 4.23. The molecule has 5 heteroatoms. The Hall–Kier alpha value is -1.62. The summed E-state index contributed by atoms with van der Waals surface area (Å²) in [6.07, 6.45) is 2.69. The minimum atomic E-state index is -0.242. The van der Waals surface area contributed by atoms with Crippen LogP contribution >= 0.6 is 0 Å². The Morgan fingerprint density at radius 2 is 2.05 bits per heavy atom. The summed E-state index contributed by atoms with van der Waals surface area (Å²) in [6, 6.07) is 5.11. The Balaban J connectivity index is 1.81. The molecule has 0 aliphatic carbocycles. The van der Waals surface area contributed by atoms with Gasteiger partial charge in [0, 0.05) is 31.7 Å². The summed E-state index contributed by atoms with van der Waals surface area (Å²) in [5.74, 6) is -0.0222. The molecular weight excluding hydrogens is 257 g/mol. The molecule has 1 amide bonds. The number of carbonyl (C=O) groups excluding carboxylic acids is 1. The highest BCUT2D eigenvalue weighted by Crippen LogP contribution is 2.30. The van der Waals surface area contributed by atoms with Gasteiger partial charge in [-0.15, -0.1) is 0 Å². The molecule has 0 radical (unpaired) electrons. The number of carbonyl (C=O) groups is 1. The molecular formula is C15H20FN3O. The Morgan fingerprint density at radius 1 is 1.30 bits per heavy atom. The largest absolute Gasteiger partial charge is 0.369 e. The summed E-state index contributed by atoms with van der Waals surface area (Å²) in [7, 11) is 0. The van der Waals surface area contributed by atoms with Crippen molar-refractivity contribution in [2.45, 2.75) is 19.3 Å². The first-order chi connectivity index (χ1) is 9.69. The van der Waals surface area contributed by atoms with E-state index in [1.807, 2.05) is 6.07 Å². The van der Waals surface area contributed by atoms with Gasteiger partial charge >= 0.3 is 0 Å². The molecule has 2 N–H and O–H groups in total. The van der Waals surface area contributed by atoms with E-state index in [9.17, 15) is 9.18 Å². The number of hydrogen-bond donors (Lipinski definition) is 1. The van der Waals surface area contributed by atoms with Crippen LogP contribution in [0.25, 0.3) is 0 Å². The number of hydrogen-bond acceptors (Lipinski definition) is 3. The zero-order valence-corrected chi connectivity index (χ0v) is 11.5. The van der Waals surface area contributed by atoms with Crippen LogP contribution in [0.5, 0.6) is 0 Å². The Bertz CT molecular complexity index is 514. The summed E-state index contributed by atoms with van der Waals surface area (Å²) in [5.41, 5.74) is 6.90. The second kappa shape index (κ2) is 5.40. The normalized spacial score (nSPS) is 22.9. The minimum Gasteiger partial charge on any atom is -0.369 e. The van der Waals surface area contributed by atoms with Crippen LogP contribution in [-0.2, 0) is 4.79 Å². The van der Waals surface area contributed by atoms with Gasteiger partial charge in [0.1, 0.15) is 5.82 Å². The molecule has 3 rings (SSSR count). The number of rotatable bonds is 3. The van der Waals surface area contributed by atoms with Crippen LogP contribution in [0, 0.1) is 11.7 Å². The monoisotopic (exact) mass is 277 g/mol. The molecule has 0 saturated carbocycles.